The number of carbonyl (C=O) groups excluding carboxylic acids is 1. The molecule has 4 nitrogen and oxygen atoms in total. The Morgan fingerprint density at radius 2 is 2.05 bits per heavy atom. The summed E-state index contributed by atoms with van der Waals surface area (Å²) in [5.41, 5.74) is 1.17. The summed E-state index contributed by atoms with van der Waals surface area (Å²) < 4.78 is 5.72. The molecule has 122 valence electrons. The highest BCUT2D eigenvalue weighted by atomic mass is 16.5. The summed E-state index contributed by atoms with van der Waals surface area (Å²) in [7, 11) is 0. The number of hydrogen-bond acceptors (Lipinski definition) is 3. The Morgan fingerprint density at radius 1 is 1.27 bits per heavy atom. The van der Waals surface area contributed by atoms with Crippen molar-refractivity contribution in [1.82, 2.24) is 10.6 Å². The summed E-state index contributed by atoms with van der Waals surface area (Å²) in [6.45, 7) is 6.67. The molecule has 1 saturated heterocycles. The van der Waals surface area contributed by atoms with E-state index in [9.17, 15) is 4.79 Å². The second kappa shape index (κ2) is 8.79. The van der Waals surface area contributed by atoms with Gasteiger partial charge in [-0.25, -0.2) is 0 Å². The van der Waals surface area contributed by atoms with E-state index in [4.69, 9.17) is 4.74 Å². The molecule has 0 aliphatic carbocycles. The second-order valence-corrected chi connectivity index (χ2v) is 6.40. The van der Waals surface area contributed by atoms with E-state index >= 15 is 0 Å². The molecule has 1 aromatic carbocycles. The lowest BCUT2D eigenvalue weighted by molar-refractivity contribution is -0.122. The topological polar surface area (TPSA) is 50.4 Å². The van der Waals surface area contributed by atoms with Crippen LogP contribution in [0.3, 0.4) is 0 Å². The molecule has 1 aliphatic rings. The Bertz CT molecular complexity index is 457. The monoisotopic (exact) mass is 304 g/mol. The van der Waals surface area contributed by atoms with Crippen LogP contribution in [0.5, 0.6) is 5.75 Å². The zero-order chi connectivity index (χ0) is 15.8. The summed E-state index contributed by atoms with van der Waals surface area (Å²) in [5.74, 6) is 1.71. The van der Waals surface area contributed by atoms with E-state index < -0.39 is 0 Å². The van der Waals surface area contributed by atoms with E-state index in [0.29, 0.717) is 12.5 Å². The fourth-order valence-electron chi connectivity index (χ4n) is 2.49. The lowest BCUT2D eigenvalue weighted by Gasteiger charge is -2.15. The fourth-order valence-corrected chi connectivity index (χ4v) is 2.49. The number of amides is 1. The number of benzene rings is 1. The van der Waals surface area contributed by atoms with Gasteiger partial charge in [0.2, 0.25) is 5.91 Å². The van der Waals surface area contributed by atoms with Crippen LogP contribution in [0.25, 0.3) is 0 Å². The molecule has 0 saturated carbocycles. The molecule has 1 atom stereocenters. The first-order chi connectivity index (χ1) is 10.6. The molecular formula is C18H28N2O2. The largest absolute Gasteiger partial charge is 0.494 e. The van der Waals surface area contributed by atoms with Gasteiger partial charge in [-0.3, -0.25) is 4.79 Å². The molecule has 0 radical (unpaired) electrons. The van der Waals surface area contributed by atoms with Gasteiger partial charge in [0.25, 0.3) is 0 Å². The van der Waals surface area contributed by atoms with E-state index in [0.717, 1.165) is 44.6 Å². The molecule has 0 spiro atoms. The Labute approximate surface area is 133 Å². The predicted octanol–water partition coefficient (Wildman–Crippen LogP) is 2.87. The van der Waals surface area contributed by atoms with Crippen LogP contribution in [0.4, 0.5) is 0 Å². The molecule has 0 bridgehead atoms. The molecule has 22 heavy (non-hydrogen) atoms. The molecular weight excluding hydrogens is 276 g/mol. The van der Waals surface area contributed by atoms with E-state index in [2.05, 4.69) is 36.6 Å². The average molecular weight is 304 g/mol. The number of carbonyl (C=O) groups is 1. The molecule has 1 heterocycles. The van der Waals surface area contributed by atoms with Gasteiger partial charge in [-0.2, -0.15) is 0 Å². The molecule has 1 fully saturated rings. The zero-order valence-corrected chi connectivity index (χ0v) is 13.7. The number of ether oxygens (including phenoxy) is 1. The summed E-state index contributed by atoms with van der Waals surface area (Å²) >= 11 is 0. The van der Waals surface area contributed by atoms with Crippen LogP contribution in [0.15, 0.2) is 24.3 Å². The Morgan fingerprint density at radius 3 is 2.77 bits per heavy atom. The van der Waals surface area contributed by atoms with Crippen molar-refractivity contribution < 1.29 is 9.53 Å². The van der Waals surface area contributed by atoms with Gasteiger partial charge in [0.05, 0.1) is 12.6 Å². The minimum absolute atomic E-state index is 0.0653. The first-order valence-corrected chi connectivity index (χ1v) is 8.38. The van der Waals surface area contributed by atoms with Crippen molar-refractivity contribution >= 4 is 5.91 Å². The van der Waals surface area contributed by atoms with E-state index in [1.807, 2.05) is 12.1 Å². The highest BCUT2D eigenvalue weighted by molar-refractivity contribution is 5.81. The summed E-state index contributed by atoms with van der Waals surface area (Å²) in [6, 6.07) is 8.07. The van der Waals surface area contributed by atoms with Crippen molar-refractivity contribution in [3.63, 3.8) is 0 Å². The van der Waals surface area contributed by atoms with Gasteiger partial charge in [0, 0.05) is 13.1 Å². The first kappa shape index (κ1) is 16.8. The smallest absolute Gasteiger partial charge is 0.237 e. The molecule has 1 amide bonds. The predicted molar refractivity (Wildman–Crippen MR) is 88.9 cm³/mol. The summed E-state index contributed by atoms with van der Waals surface area (Å²) in [5, 5.41) is 6.30. The Hall–Kier alpha value is -1.55. The van der Waals surface area contributed by atoms with Gasteiger partial charge in [-0.05, 0) is 49.3 Å². The lowest BCUT2D eigenvalue weighted by Crippen LogP contribution is -2.42. The third-order valence-electron chi connectivity index (χ3n) is 3.98. The number of nitrogens with one attached hydrogen (secondary N) is 2. The van der Waals surface area contributed by atoms with E-state index in [1.54, 1.807) is 0 Å². The summed E-state index contributed by atoms with van der Waals surface area (Å²) in [4.78, 5) is 11.9. The van der Waals surface area contributed by atoms with Gasteiger partial charge in [0.15, 0.2) is 0 Å². The van der Waals surface area contributed by atoms with Crippen LogP contribution in [0.2, 0.25) is 0 Å². The minimum Gasteiger partial charge on any atom is -0.494 e. The van der Waals surface area contributed by atoms with E-state index in [1.165, 1.54) is 5.56 Å². The van der Waals surface area contributed by atoms with Crippen molar-refractivity contribution in [3.05, 3.63) is 29.8 Å². The van der Waals surface area contributed by atoms with Crippen LogP contribution >= 0.6 is 0 Å². The van der Waals surface area contributed by atoms with Gasteiger partial charge in [-0.15, -0.1) is 0 Å². The fraction of sp³-hybridized carbons (Fsp3) is 0.611. The number of hydrogen-bond donors (Lipinski definition) is 2. The normalized spacial score (nSPS) is 18.9. The third-order valence-corrected chi connectivity index (χ3v) is 3.98. The number of rotatable bonds is 7. The molecule has 2 rings (SSSR count). The van der Waals surface area contributed by atoms with Crippen molar-refractivity contribution in [2.75, 3.05) is 13.2 Å². The quantitative estimate of drug-likeness (QED) is 0.814. The molecule has 4 heteroatoms. The maximum Gasteiger partial charge on any atom is 0.237 e. The van der Waals surface area contributed by atoms with Gasteiger partial charge in [-0.1, -0.05) is 26.0 Å². The standard InChI is InChI=1S/C18H28N2O2/c1-14(2)10-12-22-16-8-6-15(7-9-16)13-20-17-5-3-4-11-19-18(17)21/h6-9,14,17,20H,3-5,10-13H2,1-2H3,(H,19,21). The maximum atomic E-state index is 11.9. The molecule has 0 aromatic heterocycles. The van der Waals surface area contributed by atoms with Crippen molar-refractivity contribution in [1.29, 1.82) is 0 Å². The Balaban J connectivity index is 1.77. The average Bonchev–Trinajstić information content (AvgIpc) is 2.71. The van der Waals surface area contributed by atoms with Gasteiger partial charge >= 0.3 is 0 Å². The van der Waals surface area contributed by atoms with Crippen LogP contribution < -0.4 is 15.4 Å². The molecule has 2 N–H and O–H groups in total. The maximum absolute atomic E-state index is 11.9. The third kappa shape index (κ3) is 5.68. The summed E-state index contributed by atoms with van der Waals surface area (Å²) in [6.07, 6.45) is 4.16. The van der Waals surface area contributed by atoms with Gasteiger partial charge < -0.3 is 15.4 Å². The zero-order valence-electron chi connectivity index (χ0n) is 13.7. The molecule has 1 unspecified atom stereocenters. The van der Waals surface area contributed by atoms with Crippen molar-refractivity contribution in [3.8, 4) is 5.75 Å². The SMILES string of the molecule is CC(C)CCOc1ccc(CNC2CCCCNC2=O)cc1. The Kier molecular flexibility index (Phi) is 6.72. The van der Waals surface area contributed by atoms with Crippen LogP contribution in [-0.2, 0) is 11.3 Å². The first-order valence-electron chi connectivity index (χ1n) is 8.38. The van der Waals surface area contributed by atoms with Crippen molar-refractivity contribution in [2.45, 2.75) is 52.1 Å². The minimum atomic E-state index is -0.0653. The van der Waals surface area contributed by atoms with Gasteiger partial charge in [0.1, 0.15) is 5.75 Å². The lowest BCUT2D eigenvalue weighted by atomic mass is 10.1. The van der Waals surface area contributed by atoms with Crippen LogP contribution in [0, 0.1) is 5.92 Å². The van der Waals surface area contributed by atoms with Crippen molar-refractivity contribution in [2.24, 2.45) is 5.92 Å². The molecule has 1 aromatic rings. The van der Waals surface area contributed by atoms with Crippen LogP contribution in [-0.4, -0.2) is 25.1 Å². The highest BCUT2D eigenvalue weighted by Gasteiger charge is 2.19. The van der Waals surface area contributed by atoms with Crippen LogP contribution in [0.1, 0.15) is 45.1 Å². The molecule has 1 aliphatic heterocycles. The van der Waals surface area contributed by atoms with E-state index in [-0.39, 0.29) is 11.9 Å². The highest BCUT2D eigenvalue weighted by Crippen LogP contribution is 2.14. The second-order valence-electron chi connectivity index (χ2n) is 6.40.